The number of hydrogen-bond acceptors (Lipinski definition) is 4. The summed E-state index contributed by atoms with van der Waals surface area (Å²) in [5.74, 6) is 0.0119. The highest BCUT2D eigenvalue weighted by molar-refractivity contribution is 14.1. The Balaban J connectivity index is 2.61. The predicted molar refractivity (Wildman–Crippen MR) is 82.7 cm³/mol. The lowest BCUT2D eigenvalue weighted by atomic mass is 10.2. The first-order valence-electron chi connectivity index (χ1n) is 5.15. The van der Waals surface area contributed by atoms with Crippen LogP contribution in [0.3, 0.4) is 0 Å². The van der Waals surface area contributed by atoms with Crippen LogP contribution in [-0.2, 0) is 4.79 Å². The maximum atomic E-state index is 11.8. The molecule has 1 aromatic carbocycles. The van der Waals surface area contributed by atoms with Gasteiger partial charge in [0.15, 0.2) is 5.11 Å². The van der Waals surface area contributed by atoms with Crippen LogP contribution in [0, 0.1) is 3.57 Å². The van der Waals surface area contributed by atoms with Gasteiger partial charge in [-0.2, -0.15) is 0 Å². The van der Waals surface area contributed by atoms with E-state index in [0.717, 1.165) is 3.57 Å². The number of carbonyl (C=O) groups is 2. The van der Waals surface area contributed by atoms with E-state index in [9.17, 15) is 9.59 Å². The normalized spacial score (nSPS) is 9.42. The van der Waals surface area contributed by atoms with Gasteiger partial charge in [0.1, 0.15) is 5.75 Å². The fraction of sp³-hybridized carbons (Fsp3) is 0.182. The molecule has 0 saturated carbocycles. The molecule has 0 radical (unpaired) electrons. The Kier molecular flexibility index (Phi) is 5.96. The number of methoxy groups -OCH3 is 1. The molecule has 102 valence electrons. The monoisotopic (exact) mass is 393 g/mol. The SMILES string of the molecule is COc1ccc(C(=O)NNC(=S)NC(C)=O)cc1I. The summed E-state index contributed by atoms with van der Waals surface area (Å²) in [5.41, 5.74) is 5.25. The summed E-state index contributed by atoms with van der Waals surface area (Å²) in [6.45, 7) is 1.32. The number of benzene rings is 1. The van der Waals surface area contributed by atoms with Crippen LogP contribution in [-0.4, -0.2) is 24.0 Å². The van der Waals surface area contributed by atoms with Crippen LogP contribution in [0.4, 0.5) is 0 Å². The van der Waals surface area contributed by atoms with Gasteiger partial charge in [-0.1, -0.05) is 0 Å². The minimum atomic E-state index is -0.367. The van der Waals surface area contributed by atoms with Gasteiger partial charge in [-0.3, -0.25) is 20.4 Å². The quantitative estimate of drug-likeness (QED) is 0.396. The molecule has 1 aromatic rings. The van der Waals surface area contributed by atoms with Gasteiger partial charge in [-0.15, -0.1) is 0 Å². The molecule has 3 N–H and O–H groups in total. The zero-order valence-electron chi connectivity index (χ0n) is 10.2. The van der Waals surface area contributed by atoms with Crippen molar-refractivity contribution in [2.45, 2.75) is 6.92 Å². The lowest BCUT2D eigenvalue weighted by Gasteiger charge is -2.10. The Morgan fingerprint density at radius 1 is 1.32 bits per heavy atom. The summed E-state index contributed by atoms with van der Waals surface area (Å²) >= 11 is 6.85. The number of halogens is 1. The van der Waals surface area contributed by atoms with Crippen molar-refractivity contribution in [2.24, 2.45) is 0 Å². The molecular weight excluding hydrogens is 381 g/mol. The van der Waals surface area contributed by atoms with Crippen molar-refractivity contribution < 1.29 is 14.3 Å². The number of hydrazine groups is 1. The van der Waals surface area contributed by atoms with Crippen LogP contribution in [0.15, 0.2) is 18.2 Å². The predicted octanol–water partition coefficient (Wildman–Crippen LogP) is 0.955. The Labute approximate surface area is 129 Å². The standard InChI is InChI=1S/C11H12IN3O3S/c1-6(16)13-11(19)15-14-10(17)7-3-4-9(18-2)8(12)5-7/h3-5H,1-2H3,(H,14,17)(H2,13,15,16,19). The molecule has 0 atom stereocenters. The molecule has 0 aliphatic heterocycles. The van der Waals surface area contributed by atoms with E-state index in [1.54, 1.807) is 25.3 Å². The van der Waals surface area contributed by atoms with E-state index in [0.29, 0.717) is 11.3 Å². The van der Waals surface area contributed by atoms with Crippen LogP contribution in [0.2, 0.25) is 0 Å². The van der Waals surface area contributed by atoms with Gasteiger partial charge in [0.05, 0.1) is 10.7 Å². The van der Waals surface area contributed by atoms with Crippen molar-refractivity contribution in [3.8, 4) is 5.75 Å². The molecule has 2 amide bonds. The van der Waals surface area contributed by atoms with Gasteiger partial charge in [0, 0.05) is 12.5 Å². The third-order valence-electron chi connectivity index (χ3n) is 1.99. The van der Waals surface area contributed by atoms with Crippen molar-refractivity contribution in [2.75, 3.05) is 7.11 Å². The maximum absolute atomic E-state index is 11.8. The first-order chi connectivity index (χ1) is 8.93. The molecule has 0 saturated heterocycles. The van der Waals surface area contributed by atoms with Crippen LogP contribution in [0.1, 0.15) is 17.3 Å². The van der Waals surface area contributed by atoms with Crippen LogP contribution < -0.4 is 20.9 Å². The topological polar surface area (TPSA) is 79.5 Å². The summed E-state index contributed by atoms with van der Waals surface area (Å²) in [6.07, 6.45) is 0. The lowest BCUT2D eigenvalue weighted by molar-refractivity contribution is -0.117. The largest absolute Gasteiger partial charge is 0.496 e. The van der Waals surface area contributed by atoms with Gasteiger partial charge in [0.2, 0.25) is 5.91 Å². The van der Waals surface area contributed by atoms with E-state index in [4.69, 9.17) is 17.0 Å². The Bertz CT molecular complexity index is 522. The molecular formula is C11H12IN3O3S. The maximum Gasteiger partial charge on any atom is 0.269 e. The van der Waals surface area contributed by atoms with Gasteiger partial charge in [0.25, 0.3) is 5.91 Å². The summed E-state index contributed by atoms with van der Waals surface area (Å²) in [7, 11) is 1.56. The number of amides is 2. The second kappa shape index (κ2) is 7.24. The molecule has 0 bridgehead atoms. The van der Waals surface area contributed by atoms with Crippen molar-refractivity contribution in [3.05, 3.63) is 27.3 Å². The number of carbonyl (C=O) groups excluding carboxylic acids is 2. The molecule has 0 heterocycles. The van der Waals surface area contributed by atoms with Crippen molar-refractivity contribution in [1.82, 2.24) is 16.2 Å². The van der Waals surface area contributed by atoms with E-state index < -0.39 is 0 Å². The van der Waals surface area contributed by atoms with Crippen LogP contribution in [0.5, 0.6) is 5.75 Å². The Morgan fingerprint density at radius 3 is 2.53 bits per heavy atom. The van der Waals surface area contributed by atoms with Gasteiger partial charge < -0.3 is 10.1 Å². The first-order valence-corrected chi connectivity index (χ1v) is 6.64. The van der Waals surface area contributed by atoms with E-state index in [1.165, 1.54) is 6.92 Å². The summed E-state index contributed by atoms with van der Waals surface area (Å²) in [5, 5.41) is 2.36. The summed E-state index contributed by atoms with van der Waals surface area (Å²) < 4.78 is 5.92. The van der Waals surface area contributed by atoms with Crippen molar-refractivity contribution in [1.29, 1.82) is 0 Å². The highest BCUT2D eigenvalue weighted by Crippen LogP contribution is 2.21. The summed E-state index contributed by atoms with van der Waals surface area (Å²) in [6, 6.07) is 5.00. The van der Waals surface area contributed by atoms with Gasteiger partial charge in [-0.25, -0.2) is 0 Å². The average molecular weight is 393 g/mol. The molecule has 0 aromatic heterocycles. The molecule has 0 unspecified atom stereocenters. The number of thiocarbonyl (C=S) groups is 1. The van der Waals surface area contributed by atoms with Crippen LogP contribution >= 0.6 is 34.8 Å². The zero-order chi connectivity index (χ0) is 14.4. The molecule has 0 fully saturated rings. The Hall–Kier alpha value is -1.42. The minimum absolute atomic E-state index is 0.0315. The fourth-order valence-electron chi connectivity index (χ4n) is 1.18. The molecule has 8 heteroatoms. The van der Waals surface area contributed by atoms with Gasteiger partial charge >= 0.3 is 0 Å². The third kappa shape index (κ3) is 4.99. The highest BCUT2D eigenvalue weighted by atomic mass is 127. The fourth-order valence-corrected chi connectivity index (χ4v) is 2.11. The van der Waals surface area contributed by atoms with Gasteiger partial charge in [-0.05, 0) is 53.0 Å². The van der Waals surface area contributed by atoms with E-state index in [-0.39, 0.29) is 16.9 Å². The molecule has 0 aliphatic rings. The number of ether oxygens (including phenoxy) is 1. The third-order valence-corrected chi connectivity index (χ3v) is 3.04. The lowest BCUT2D eigenvalue weighted by Crippen LogP contribution is -2.47. The zero-order valence-corrected chi connectivity index (χ0v) is 13.2. The van der Waals surface area contributed by atoms with Crippen LogP contribution in [0.25, 0.3) is 0 Å². The average Bonchev–Trinajstić information content (AvgIpc) is 2.35. The minimum Gasteiger partial charge on any atom is -0.496 e. The molecule has 1 rings (SSSR count). The number of rotatable bonds is 2. The second-order valence-corrected chi connectivity index (χ2v) is 5.01. The molecule has 19 heavy (non-hydrogen) atoms. The first kappa shape index (κ1) is 15.6. The smallest absolute Gasteiger partial charge is 0.269 e. The Morgan fingerprint density at radius 2 is 2.00 bits per heavy atom. The molecule has 0 aliphatic carbocycles. The number of nitrogens with one attached hydrogen (secondary N) is 3. The molecule has 0 spiro atoms. The van der Waals surface area contributed by atoms with E-state index in [1.807, 2.05) is 0 Å². The van der Waals surface area contributed by atoms with Crippen molar-refractivity contribution >= 4 is 51.7 Å². The number of hydrogen-bond donors (Lipinski definition) is 3. The van der Waals surface area contributed by atoms with E-state index in [2.05, 4.69) is 38.8 Å². The molecule has 6 nitrogen and oxygen atoms in total. The van der Waals surface area contributed by atoms with E-state index >= 15 is 0 Å². The second-order valence-electron chi connectivity index (χ2n) is 3.44. The van der Waals surface area contributed by atoms with Crippen molar-refractivity contribution in [3.63, 3.8) is 0 Å². The highest BCUT2D eigenvalue weighted by Gasteiger charge is 2.09. The summed E-state index contributed by atoms with van der Waals surface area (Å²) in [4.78, 5) is 22.5.